The summed E-state index contributed by atoms with van der Waals surface area (Å²) in [6.07, 6.45) is 4.62. The molecule has 0 saturated carbocycles. The maximum Gasteiger partial charge on any atom is 0.0926 e. The molecule has 1 aromatic heterocycles. The normalized spacial score (nSPS) is 10.1. The quantitative estimate of drug-likeness (QED) is 0.654. The number of hydrogen-bond donors (Lipinski definition) is 0. The van der Waals surface area contributed by atoms with Crippen molar-refractivity contribution in [2.24, 2.45) is 0 Å². The Morgan fingerprint density at radius 1 is 1.25 bits per heavy atom. The van der Waals surface area contributed by atoms with Crippen molar-refractivity contribution in [3.8, 4) is 5.69 Å². The Morgan fingerprint density at radius 2 is 2.00 bits per heavy atom. The molecule has 0 aliphatic heterocycles. The summed E-state index contributed by atoms with van der Waals surface area (Å²) >= 11 is 5.73. The van der Waals surface area contributed by atoms with Crippen LogP contribution in [-0.2, 0) is 0 Å². The summed E-state index contributed by atoms with van der Waals surface area (Å²) in [5, 5.41) is 4.76. The van der Waals surface area contributed by atoms with Gasteiger partial charge in [-0.3, -0.25) is 0 Å². The van der Waals surface area contributed by atoms with Gasteiger partial charge in [0.2, 0.25) is 0 Å². The van der Waals surface area contributed by atoms with Gasteiger partial charge in [-0.05, 0) is 30.3 Å². The van der Waals surface area contributed by atoms with Gasteiger partial charge in [-0.25, -0.2) is 4.68 Å². The third-order valence-electron chi connectivity index (χ3n) is 1.52. The topological polar surface area (TPSA) is 17.8 Å². The van der Waals surface area contributed by atoms with E-state index in [1.807, 2.05) is 24.3 Å². The summed E-state index contributed by atoms with van der Waals surface area (Å²) in [6, 6.07) is 9.20. The van der Waals surface area contributed by atoms with E-state index >= 15 is 0 Å². The van der Waals surface area contributed by atoms with Crippen molar-refractivity contribution >= 4 is 11.6 Å². The van der Waals surface area contributed by atoms with Crippen molar-refractivity contribution in [2.45, 2.75) is 0 Å². The lowest BCUT2D eigenvalue weighted by Gasteiger charge is -1.98. The van der Waals surface area contributed by atoms with Crippen LogP contribution in [0.4, 0.5) is 0 Å². The first-order chi connectivity index (χ1) is 5.86. The smallest absolute Gasteiger partial charge is 0.0926 e. The van der Waals surface area contributed by atoms with Gasteiger partial charge in [-0.15, -0.1) is 0 Å². The molecule has 0 N–H and O–H groups in total. The van der Waals surface area contributed by atoms with Gasteiger partial charge >= 0.3 is 0 Å². The second-order valence-electron chi connectivity index (χ2n) is 2.35. The van der Waals surface area contributed by atoms with E-state index in [0.717, 1.165) is 10.7 Å². The van der Waals surface area contributed by atoms with Crippen LogP contribution in [0.25, 0.3) is 5.69 Å². The van der Waals surface area contributed by atoms with Crippen LogP contribution in [0.5, 0.6) is 0 Å². The van der Waals surface area contributed by atoms with Crippen molar-refractivity contribution in [3.05, 3.63) is 47.7 Å². The van der Waals surface area contributed by atoms with E-state index in [9.17, 15) is 0 Å². The Kier molecular flexibility index (Phi) is 1.84. The Labute approximate surface area is 75.4 Å². The lowest BCUT2D eigenvalue weighted by Crippen LogP contribution is -1.92. The summed E-state index contributed by atoms with van der Waals surface area (Å²) in [5.41, 5.74) is 0.962. The highest BCUT2D eigenvalue weighted by Gasteiger charge is 1.94. The lowest BCUT2D eigenvalue weighted by molar-refractivity contribution is 0.874. The highest BCUT2D eigenvalue weighted by Crippen LogP contribution is 2.11. The molecule has 0 spiro atoms. The van der Waals surface area contributed by atoms with E-state index in [2.05, 4.69) is 11.3 Å². The van der Waals surface area contributed by atoms with Crippen molar-refractivity contribution < 1.29 is 0 Å². The molecule has 2 nitrogen and oxygen atoms in total. The van der Waals surface area contributed by atoms with Crippen LogP contribution in [0.15, 0.2) is 36.5 Å². The molecule has 0 amide bonds. The van der Waals surface area contributed by atoms with Gasteiger partial charge in [0.25, 0.3) is 0 Å². The molecule has 1 heterocycles. The summed E-state index contributed by atoms with van der Waals surface area (Å²) in [7, 11) is 0. The summed E-state index contributed by atoms with van der Waals surface area (Å²) in [4.78, 5) is 0. The molecule has 0 unspecified atom stereocenters. The Morgan fingerprint density at radius 3 is 2.58 bits per heavy atom. The monoisotopic (exact) mass is 177 g/mol. The molecule has 0 bridgehead atoms. The van der Waals surface area contributed by atoms with Crippen molar-refractivity contribution in [2.75, 3.05) is 0 Å². The third kappa shape index (κ3) is 1.34. The number of aromatic nitrogens is 2. The molecule has 1 radical (unpaired) electrons. The zero-order valence-corrected chi connectivity index (χ0v) is 6.99. The van der Waals surface area contributed by atoms with Crippen LogP contribution in [0, 0.1) is 6.20 Å². The van der Waals surface area contributed by atoms with E-state index in [1.54, 1.807) is 16.9 Å². The first-order valence-electron chi connectivity index (χ1n) is 3.54. The zero-order valence-electron chi connectivity index (χ0n) is 6.24. The number of halogens is 1. The van der Waals surface area contributed by atoms with Gasteiger partial charge in [0.05, 0.1) is 18.1 Å². The fourth-order valence-electron chi connectivity index (χ4n) is 0.961. The summed E-state index contributed by atoms with van der Waals surface area (Å²) < 4.78 is 1.66. The molecule has 0 aliphatic carbocycles. The number of hydrogen-bond acceptors (Lipinski definition) is 1. The molecular weight excluding hydrogens is 172 g/mol. The minimum Gasteiger partial charge on any atom is -0.232 e. The maximum atomic E-state index is 5.73. The molecule has 2 aromatic rings. The van der Waals surface area contributed by atoms with Gasteiger partial charge in [0.1, 0.15) is 0 Å². The molecule has 0 atom stereocenters. The molecule has 0 fully saturated rings. The minimum atomic E-state index is 0.728. The zero-order chi connectivity index (χ0) is 8.39. The van der Waals surface area contributed by atoms with E-state index in [4.69, 9.17) is 11.6 Å². The van der Waals surface area contributed by atoms with Crippen LogP contribution in [0.1, 0.15) is 0 Å². The SMILES string of the molecule is Clc1ccc(-n2[c]ccn2)cc1. The maximum absolute atomic E-state index is 5.73. The molecule has 3 heteroatoms. The minimum absolute atomic E-state index is 0.728. The van der Waals surface area contributed by atoms with Crippen LogP contribution in [0.3, 0.4) is 0 Å². The third-order valence-corrected chi connectivity index (χ3v) is 1.78. The van der Waals surface area contributed by atoms with Crippen molar-refractivity contribution in [1.29, 1.82) is 0 Å². The molecule has 59 valence electrons. The fraction of sp³-hybridized carbons (Fsp3) is 0. The second-order valence-corrected chi connectivity index (χ2v) is 2.78. The predicted molar refractivity (Wildman–Crippen MR) is 47.4 cm³/mol. The molecule has 2 rings (SSSR count). The molecular formula is C9H6ClN2. The van der Waals surface area contributed by atoms with E-state index in [1.165, 1.54) is 0 Å². The van der Waals surface area contributed by atoms with Crippen molar-refractivity contribution in [3.63, 3.8) is 0 Å². The van der Waals surface area contributed by atoms with Crippen molar-refractivity contribution in [1.82, 2.24) is 9.78 Å². The van der Waals surface area contributed by atoms with Gasteiger partial charge < -0.3 is 0 Å². The first-order valence-corrected chi connectivity index (χ1v) is 3.92. The lowest BCUT2D eigenvalue weighted by atomic mass is 10.3. The summed E-state index contributed by atoms with van der Waals surface area (Å²) in [5.74, 6) is 0. The van der Waals surface area contributed by atoms with Crippen LogP contribution in [0.2, 0.25) is 5.02 Å². The van der Waals surface area contributed by atoms with Gasteiger partial charge in [0, 0.05) is 5.02 Å². The highest BCUT2D eigenvalue weighted by atomic mass is 35.5. The van der Waals surface area contributed by atoms with E-state index < -0.39 is 0 Å². The van der Waals surface area contributed by atoms with E-state index in [0.29, 0.717) is 0 Å². The first kappa shape index (κ1) is 7.37. The largest absolute Gasteiger partial charge is 0.232 e. The van der Waals surface area contributed by atoms with Crippen LogP contribution < -0.4 is 0 Å². The molecule has 0 aliphatic rings. The fourth-order valence-corrected chi connectivity index (χ4v) is 1.09. The van der Waals surface area contributed by atoms with Gasteiger partial charge in [-0.1, -0.05) is 11.6 Å². The van der Waals surface area contributed by atoms with E-state index in [-0.39, 0.29) is 0 Å². The Hall–Kier alpha value is -1.28. The second kappa shape index (κ2) is 2.99. The van der Waals surface area contributed by atoms with Crippen LogP contribution in [-0.4, -0.2) is 9.78 Å². The average molecular weight is 178 g/mol. The number of rotatable bonds is 1. The number of benzene rings is 1. The Balaban J connectivity index is 2.43. The molecule has 0 saturated heterocycles. The summed E-state index contributed by atoms with van der Waals surface area (Å²) in [6.45, 7) is 0. The molecule has 12 heavy (non-hydrogen) atoms. The predicted octanol–water partition coefficient (Wildman–Crippen LogP) is 2.33. The van der Waals surface area contributed by atoms with Gasteiger partial charge in [0.15, 0.2) is 0 Å². The van der Waals surface area contributed by atoms with Crippen LogP contribution >= 0.6 is 11.6 Å². The van der Waals surface area contributed by atoms with Gasteiger partial charge in [-0.2, -0.15) is 5.10 Å². The standard InChI is InChI=1S/C9H6ClN2/c10-8-2-4-9(5-3-8)12-7-1-6-11-12/h1-6H. The number of nitrogens with zero attached hydrogens (tertiary/aromatic N) is 2. The average Bonchev–Trinajstić information content (AvgIpc) is 2.58. The molecule has 1 aromatic carbocycles. The Bertz CT molecular complexity index is 351. The highest BCUT2D eigenvalue weighted by molar-refractivity contribution is 6.30.